The van der Waals surface area contributed by atoms with Crippen molar-refractivity contribution in [1.29, 1.82) is 0 Å². The molecule has 186 valence electrons. The summed E-state index contributed by atoms with van der Waals surface area (Å²) in [5, 5.41) is 69.6. The second-order valence-electron chi connectivity index (χ2n) is 10.2. The van der Waals surface area contributed by atoms with Gasteiger partial charge in [-0.25, -0.2) is 0 Å². The number of hydrogen-bond donors (Lipinski definition) is 6. The summed E-state index contributed by atoms with van der Waals surface area (Å²) in [6.07, 6.45) is 0. The normalized spacial score (nSPS) is 12.5. The van der Waals surface area contributed by atoms with Crippen molar-refractivity contribution in [3.63, 3.8) is 0 Å². The van der Waals surface area contributed by atoms with Gasteiger partial charge >= 0.3 is 29.6 Å². The Morgan fingerprint density at radius 3 is 1.05 bits per heavy atom. The van der Waals surface area contributed by atoms with Gasteiger partial charge in [0, 0.05) is 55.2 Å². The second-order valence-corrected chi connectivity index (χ2v) is 10.2. The predicted octanol–water partition coefficient (Wildman–Crippen LogP) is 2.20. The van der Waals surface area contributed by atoms with E-state index in [9.17, 15) is 40.2 Å². The smallest absolute Gasteiger partial charge is 1.00 e. The predicted molar refractivity (Wildman–Crippen MR) is 147 cm³/mol. The first-order valence-corrected chi connectivity index (χ1v) is 11.8. The molecule has 8 rings (SSSR count). The molecule has 0 aliphatic carbocycles. The molecule has 8 aromatic carbocycles. The van der Waals surface area contributed by atoms with Crippen LogP contribution in [0.5, 0.6) is 34.5 Å². The molecule has 0 fully saturated rings. The Bertz CT molecular complexity index is 2350. The molecule has 8 aromatic rings. The van der Waals surface area contributed by atoms with Crippen LogP contribution in [0.15, 0.2) is 33.9 Å². The van der Waals surface area contributed by atoms with Crippen molar-refractivity contribution in [3.8, 4) is 34.5 Å². The monoisotopic (exact) mass is 528 g/mol. The van der Waals surface area contributed by atoms with E-state index in [1.54, 1.807) is 13.8 Å². The number of rotatable bonds is 0. The van der Waals surface area contributed by atoms with Gasteiger partial charge in [0.25, 0.3) is 0 Å². The average molecular weight is 528 g/mol. The van der Waals surface area contributed by atoms with Crippen molar-refractivity contribution in [2.75, 3.05) is 0 Å². The number of benzene rings is 8. The van der Waals surface area contributed by atoms with E-state index in [4.69, 9.17) is 0 Å². The molecule has 0 atom stereocenters. The third-order valence-electron chi connectivity index (χ3n) is 8.25. The van der Waals surface area contributed by atoms with E-state index in [-0.39, 0.29) is 74.1 Å². The van der Waals surface area contributed by atoms with Gasteiger partial charge in [0.2, 0.25) is 0 Å². The van der Waals surface area contributed by atoms with Crippen LogP contribution in [-0.2, 0) is 0 Å². The van der Waals surface area contributed by atoms with Gasteiger partial charge in [-0.1, -0.05) is 0 Å². The summed E-state index contributed by atoms with van der Waals surface area (Å²) in [5.74, 6) is -2.75. The molecule has 0 unspecified atom stereocenters. The molecule has 0 spiro atoms. The Kier molecular flexibility index (Phi) is 4.30. The zero-order valence-electron chi connectivity index (χ0n) is 21.8. The van der Waals surface area contributed by atoms with Gasteiger partial charge in [-0.3, -0.25) is 9.59 Å². The molecule has 0 amide bonds. The summed E-state index contributed by atoms with van der Waals surface area (Å²) in [4.78, 5) is 26.7. The molecule has 0 heterocycles. The summed E-state index contributed by atoms with van der Waals surface area (Å²) >= 11 is 0. The van der Waals surface area contributed by atoms with Crippen molar-refractivity contribution < 1.29 is 61.6 Å². The van der Waals surface area contributed by atoms with E-state index in [2.05, 4.69) is 0 Å². The largest absolute Gasteiger partial charge is 1.00 e. The van der Waals surface area contributed by atoms with Crippen molar-refractivity contribution in [2.45, 2.75) is 13.8 Å². The Hall–Kier alpha value is -4.24. The first-order chi connectivity index (χ1) is 18.0. The summed E-state index contributed by atoms with van der Waals surface area (Å²) < 4.78 is 0. The summed E-state index contributed by atoms with van der Waals surface area (Å²) in [6, 6.07) is 4.77. The van der Waals surface area contributed by atoms with Crippen molar-refractivity contribution in [1.82, 2.24) is 0 Å². The Balaban J connectivity index is 0.00000145. The van der Waals surface area contributed by atoms with E-state index in [0.717, 1.165) is 12.1 Å². The third kappa shape index (κ3) is 2.37. The molecule has 0 aliphatic heterocycles. The van der Waals surface area contributed by atoms with Crippen LogP contribution in [0, 0.1) is 13.8 Å². The molecule has 9 heteroatoms. The van der Waals surface area contributed by atoms with Gasteiger partial charge in [0.1, 0.15) is 34.5 Å². The number of aryl methyl sites for hydroxylation is 2. The zero-order valence-corrected chi connectivity index (χ0v) is 22.8. The number of aromatic hydroxyl groups is 6. The second kappa shape index (κ2) is 7.04. The molecule has 0 saturated heterocycles. The molecule has 0 bridgehead atoms. The molecule has 0 radical (unpaired) electrons. The van der Waals surface area contributed by atoms with Crippen LogP contribution < -0.4 is 40.4 Å². The van der Waals surface area contributed by atoms with Crippen LogP contribution in [0.1, 0.15) is 12.6 Å². The molecule has 39 heavy (non-hydrogen) atoms. The Morgan fingerprint density at radius 2 is 0.692 bits per heavy atom. The van der Waals surface area contributed by atoms with Gasteiger partial charge in [-0.15, -0.1) is 0 Å². The fourth-order valence-electron chi connectivity index (χ4n) is 6.98. The minimum Gasteiger partial charge on any atom is -1.00 e. The number of hydrogen-bond acceptors (Lipinski definition) is 8. The average Bonchev–Trinajstić information content (AvgIpc) is 2.82. The Labute approximate surface area is 240 Å². The molecule has 6 N–H and O–H groups in total. The first-order valence-electron chi connectivity index (χ1n) is 11.8. The van der Waals surface area contributed by atoms with Gasteiger partial charge in [-0.2, -0.15) is 0 Å². The van der Waals surface area contributed by atoms with Gasteiger partial charge in [-0.05, 0) is 47.9 Å². The number of fused-ring (bicyclic) bond motifs is 2. The van der Waals surface area contributed by atoms with Gasteiger partial charge in [0.15, 0.2) is 10.9 Å². The minimum atomic E-state index is -0.483. The molecule has 0 saturated carbocycles. The van der Waals surface area contributed by atoms with Crippen molar-refractivity contribution in [3.05, 3.63) is 55.8 Å². The molecule has 0 aromatic heterocycles. The van der Waals surface area contributed by atoms with E-state index >= 15 is 0 Å². The van der Waals surface area contributed by atoms with Gasteiger partial charge < -0.3 is 32.1 Å². The Morgan fingerprint density at radius 1 is 0.410 bits per heavy atom. The molecular weight excluding hydrogens is 511 g/mol. The van der Waals surface area contributed by atoms with Crippen LogP contribution in [0.4, 0.5) is 0 Å². The van der Waals surface area contributed by atoms with E-state index < -0.39 is 45.4 Å². The number of phenolic OH excluding ortho intramolecular Hbond substituents is 6. The van der Waals surface area contributed by atoms with E-state index in [1.165, 1.54) is 12.1 Å². The maximum absolute atomic E-state index is 13.4. The summed E-state index contributed by atoms with van der Waals surface area (Å²) in [7, 11) is 0. The third-order valence-corrected chi connectivity index (χ3v) is 8.25. The summed E-state index contributed by atoms with van der Waals surface area (Å²) in [5.41, 5.74) is 0.175. The summed E-state index contributed by atoms with van der Waals surface area (Å²) in [6.45, 7) is 3.47. The maximum atomic E-state index is 13.4. The topological polar surface area (TPSA) is 156 Å². The minimum absolute atomic E-state index is 0. The van der Waals surface area contributed by atoms with Crippen LogP contribution in [-0.4, -0.2) is 30.6 Å². The van der Waals surface area contributed by atoms with Crippen molar-refractivity contribution >= 4 is 75.4 Å². The maximum Gasteiger partial charge on any atom is 1.00 e. The molecular formula is C30H17NaO8. The van der Waals surface area contributed by atoms with Crippen LogP contribution in [0.3, 0.4) is 0 Å². The van der Waals surface area contributed by atoms with Crippen LogP contribution in [0.25, 0.3) is 75.4 Å². The van der Waals surface area contributed by atoms with Crippen LogP contribution in [0.2, 0.25) is 0 Å². The van der Waals surface area contributed by atoms with Crippen molar-refractivity contribution in [2.24, 2.45) is 0 Å². The van der Waals surface area contributed by atoms with E-state index in [1.807, 2.05) is 0 Å². The molecule has 8 nitrogen and oxygen atoms in total. The van der Waals surface area contributed by atoms with Crippen LogP contribution >= 0.6 is 0 Å². The SMILES string of the molecule is Cc1cc(=O)c2c(O)c3c(O)cc(O)c4c5c(O)cc(O)c6c(O)c7c(=O)cc(C)c8c1c2c(c34)c(c65)c78.[H-].[Na+]. The fourth-order valence-corrected chi connectivity index (χ4v) is 6.98. The standard InChI is InChI=1S/C30H16O8.Na.H/c1-7-3-9(31)19-23-15(7)16-8(2)4-10(32)20-24(16)28-26-18(12(34)6-14(36)22(26)30(20)38)17-11(33)5-13(35)21(29(19)37)25(17)27(23)28;;/h3-6,33-38H,1-2H3;;/q;+1;-1. The number of phenols is 6. The fraction of sp³-hybridized carbons (Fsp3) is 0.0667. The van der Waals surface area contributed by atoms with Gasteiger partial charge in [0.05, 0.1) is 21.5 Å². The molecule has 0 aliphatic rings. The van der Waals surface area contributed by atoms with E-state index in [0.29, 0.717) is 43.4 Å². The zero-order chi connectivity index (χ0) is 26.7. The quantitative estimate of drug-likeness (QED) is 0.0994. The first kappa shape index (κ1) is 23.8.